The zero-order valence-corrected chi connectivity index (χ0v) is 14.2. The predicted octanol–water partition coefficient (Wildman–Crippen LogP) is 2.76. The molecule has 1 N–H and O–H groups in total. The molecule has 0 aliphatic carbocycles. The lowest BCUT2D eigenvalue weighted by Gasteiger charge is -2.20. The standard InChI is InChI=1S/C19H23N5/c1-23(2)16-7-9-24(13-16)12-14-4-3-5-15(10-14)18-11-21-19-17(22-18)6-8-20-19/h3-6,8,10-11,16H,7,9,12-13H2,1-2H3,(H,20,21). The van der Waals surface area contributed by atoms with Crippen LogP contribution in [0.1, 0.15) is 12.0 Å². The lowest BCUT2D eigenvalue weighted by molar-refractivity contribution is 0.264. The topological polar surface area (TPSA) is 48.0 Å². The average molecular weight is 321 g/mol. The van der Waals surface area contributed by atoms with E-state index < -0.39 is 0 Å². The fourth-order valence-corrected chi connectivity index (χ4v) is 3.43. The highest BCUT2D eigenvalue weighted by Gasteiger charge is 2.23. The lowest BCUT2D eigenvalue weighted by atomic mass is 10.1. The highest BCUT2D eigenvalue weighted by Crippen LogP contribution is 2.22. The molecular weight excluding hydrogens is 298 g/mol. The molecule has 5 heteroatoms. The molecular formula is C19H23N5. The second-order valence-corrected chi connectivity index (χ2v) is 6.81. The quantitative estimate of drug-likeness (QED) is 0.803. The third-order valence-corrected chi connectivity index (χ3v) is 4.87. The maximum absolute atomic E-state index is 4.70. The maximum Gasteiger partial charge on any atom is 0.156 e. The van der Waals surface area contributed by atoms with Gasteiger partial charge in [0.2, 0.25) is 0 Å². The van der Waals surface area contributed by atoms with Crippen molar-refractivity contribution in [2.75, 3.05) is 27.2 Å². The number of benzene rings is 1. The summed E-state index contributed by atoms with van der Waals surface area (Å²) in [5, 5.41) is 0. The first-order chi connectivity index (χ1) is 11.7. The molecule has 1 unspecified atom stereocenters. The van der Waals surface area contributed by atoms with Crippen molar-refractivity contribution in [3.05, 3.63) is 48.3 Å². The summed E-state index contributed by atoms with van der Waals surface area (Å²) in [5.41, 5.74) is 5.14. The monoisotopic (exact) mass is 321 g/mol. The van der Waals surface area contributed by atoms with Crippen LogP contribution in [-0.2, 0) is 6.54 Å². The molecule has 0 radical (unpaired) electrons. The van der Waals surface area contributed by atoms with Crippen LogP contribution in [0, 0.1) is 0 Å². The largest absolute Gasteiger partial charge is 0.345 e. The van der Waals surface area contributed by atoms with Crippen LogP contribution in [-0.4, -0.2) is 58.0 Å². The minimum Gasteiger partial charge on any atom is -0.345 e. The molecule has 1 fully saturated rings. The maximum atomic E-state index is 4.70. The predicted molar refractivity (Wildman–Crippen MR) is 96.7 cm³/mol. The van der Waals surface area contributed by atoms with E-state index in [1.807, 2.05) is 18.5 Å². The van der Waals surface area contributed by atoms with Crippen molar-refractivity contribution in [3.8, 4) is 11.3 Å². The number of aromatic amines is 1. The number of likely N-dealkylation sites (N-methyl/N-ethyl adjacent to an activating group) is 1. The Hall–Kier alpha value is -2.24. The Labute approximate surface area is 142 Å². The van der Waals surface area contributed by atoms with E-state index in [1.165, 1.54) is 18.5 Å². The Morgan fingerprint density at radius 3 is 3.04 bits per heavy atom. The average Bonchev–Trinajstić information content (AvgIpc) is 3.23. The molecule has 1 aromatic carbocycles. The number of fused-ring (bicyclic) bond motifs is 1. The van der Waals surface area contributed by atoms with E-state index in [0.717, 1.165) is 35.5 Å². The van der Waals surface area contributed by atoms with E-state index in [-0.39, 0.29) is 0 Å². The summed E-state index contributed by atoms with van der Waals surface area (Å²) in [7, 11) is 4.34. The van der Waals surface area contributed by atoms with Gasteiger partial charge in [0.25, 0.3) is 0 Å². The van der Waals surface area contributed by atoms with E-state index in [0.29, 0.717) is 6.04 Å². The SMILES string of the molecule is CN(C)C1CCN(Cc2cccc(-c3cnc4[nH]ccc4n3)c2)C1. The van der Waals surface area contributed by atoms with Crippen LogP contribution in [0.3, 0.4) is 0 Å². The molecule has 1 saturated heterocycles. The Kier molecular flexibility index (Phi) is 4.04. The number of H-pyrrole nitrogens is 1. The highest BCUT2D eigenvalue weighted by molar-refractivity contribution is 5.74. The van der Waals surface area contributed by atoms with Crippen molar-refractivity contribution in [1.82, 2.24) is 24.8 Å². The Bertz CT molecular complexity index is 838. The number of nitrogens with one attached hydrogen (secondary N) is 1. The second-order valence-electron chi connectivity index (χ2n) is 6.81. The summed E-state index contributed by atoms with van der Waals surface area (Å²) in [5.74, 6) is 0. The van der Waals surface area contributed by atoms with Crippen LogP contribution >= 0.6 is 0 Å². The molecule has 3 aromatic rings. The molecule has 0 saturated carbocycles. The van der Waals surface area contributed by atoms with Gasteiger partial charge in [-0.15, -0.1) is 0 Å². The molecule has 4 rings (SSSR count). The number of rotatable bonds is 4. The van der Waals surface area contributed by atoms with E-state index in [1.54, 1.807) is 0 Å². The Morgan fingerprint density at radius 2 is 2.21 bits per heavy atom. The summed E-state index contributed by atoms with van der Waals surface area (Å²) < 4.78 is 0. The van der Waals surface area contributed by atoms with E-state index in [9.17, 15) is 0 Å². The summed E-state index contributed by atoms with van der Waals surface area (Å²) >= 11 is 0. The summed E-state index contributed by atoms with van der Waals surface area (Å²) in [6, 6.07) is 11.3. The fraction of sp³-hybridized carbons (Fsp3) is 0.368. The van der Waals surface area contributed by atoms with Crippen molar-refractivity contribution >= 4 is 11.2 Å². The van der Waals surface area contributed by atoms with Crippen LogP contribution in [0.4, 0.5) is 0 Å². The molecule has 0 spiro atoms. The zero-order valence-electron chi connectivity index (χ0n) is 14.2. The van der Waals surface area contributed by atoms with Crippen molar-refractivity contribution in [2.45, 2.75) is 19.0 Å². The number of hydrogen-bond donors (Lipinski definition) is 1. The van der Waals surface area contributed by atoms with Crippen LogP contribution in [0.15, 0.2) is 42.7 Å². The van der Waals surface area contributed by atoms with Gasteiger partial charge in [-0.3, -0.25) is 4.90 Å². The minimum absolute atomic E-state index is 0.676. The lowest BCUT2D eigenvalue weighted by Crippen LogP contribution is -2.31. The van der Waals surface area contributed by atoms with Crippen LogP contribution < -0.4 is 0 Å². The molecule has 124 valence electrons. The van der Waals surface area contributed by atoms with E-state index >= 15 is 0 Å². The first-order valence-electron chi connectivity index (χ1n) is 8.47. The molecule has 0 bridgehead atoms. The van der Waals surface area contributed by atoms with Crippen LogP contribution in [0.25, 0.3) is 22.4 Å². The van der Waals surface area contributed by atoms with Gasteiger partial charge < -0.3 is 9.88 Å². The molecule has 1 aliphatic rings. The van der Waals surface area contributed by atoms with Crippen molar-refractivity contribution < 1.29 is 0 Å². The minimum atomic E-state index is 0.676. The van der Waals surface area contributed by atoms with Gasteiger partial charge >= 0.3 is 0 Å². The normalized spacial score (nSPS) is 18.7. The number of likely N-dealkylation sites (tertiary alicyclic amines) is 1. The molecule has 1 atom stereocenters. The van der Waals surface area contributed by atoms with Gasteiger partial charge in [-0.1, -0.05) is 18.2 Å². The van der Waals surface area contributed by atoms with Gasteiger partial charge in [-0.05, 0) is 38.2 Å². The summed E-state index contributed by atoms with van der Waals surface area (Å²) in [6.45, 7) is 3.31. The third-order valence-electron chi connectivity index (χ3n) is 4.87. The molecule has 5 nitrogen and oxygen atoms in total. The Balaban J connectivity index is 1.53. The van der Waals surface area contributed by atoms with Gasteiger partial charge in [0, 0.05) is 37.4 Å². The number of nitrogens with zero attached hydrogens (tertiary/aromatic N) is 4. The van der Waals surface area contributed by atoms with E-state index in [4.69, 9.17) is 4.98 Å². The van der Waals surface area contributed by atoms with Crippen LogP contribution in [0.2, 0.25) is 0 Å². The second kappa shape index (κ2) is 6.34. The van der Waals surface area contributed by atoms with Crippen molar-refractivity contribution in [2.24, 2.45) is 0 Å². The summed E-state index contributed by atoms with van der Waals surface area (Å²) in [6.07, 6.45) is 4.97. The first-order valence-corrected chi connectivity index (χ1v) is 8.47. The van der Waals surface area contributed by atoms with Crippen molar-refractivity contribution in [1.29, 1.82) is 0 Å². The molecule has 3 heterocycles. The molecule has 0 amide bonds. The zero-order chi connectivity index (χ0) is 16.5. The Morgan fingerprint density at radius 1 is 1.29 bits per heavy atom. The van der Waals surface area contributed by atoms with Gasteiger partial charge in [-0.2, -0.15) is 0 Å². The molecule has 1 aliphatic heterocycles. The number of aromatic nitrogens is 3. The van der Waals surface area contributed by atoms with Crippen molar-refractivity contribution in [3.63, 3.8) is 0 Å². The van der Waals surface area contributed by atoms with Crippen LogP contribution in [0.5, 0.6) is 0 Å². The fourth-order valence-electron chi connectivity index (χ4n) is 3.43. The molecule has 24 heavy (non-hydrogen) atoms. The van der Waals surface area contributed by atoms with Gasteiger partial charge in [0.05, 0.1) is 11.9 Å². The molecule has 2 aromatic heterocycles. The first kappa shape index (κ1) is 15.3. The van der Waals surface area contributed by atoms with Gasteiger partial charge in [-0.25, -0.2) is 9.97 Å². The van der Waals surface area contributed by atoms with E-state index in [2.05, 4.69) is 58.1 Å². The highest BCUT2D eigenvalue weighted by atomic mass is 15.2. The van der Waals surface area contributed by atoms with Gasteiger partial charge in [0.1, 0.15) is 5.52 Å². The summed E-state index contributed by atoms with van der Waals surface area (Å²) in [4.78, 5) is 17.1. The van der Waals surface area contributed by atoms with Gasteiger partial charge in [0.15, 0.2) is 5.65 Å². The smallest absolute Gasteiger partial charge is 0.156 e. The third kappa shape index (κ3) is 3.05. The number of hydrogen-bond acceptors (Lipinski definition) is 4.